The zero-order valence-corrected chi connectivity index (χ0v) is 15.5. The second-order valence-corrected chi connectivity index (χ2v) is 8.77. The first-order chi connectivity index (χ1) is 12.0. The Morgan fingerprint density at radius 1 is 1.20 bits per heavy atom. The van der Waals surface area contributed by atoms with E-state index in [9.17, 15) is 13.2 Å². The van der Waals surface area contributed by atoms with Crippen LogP contribution in [0.25, 0.3) is 0 Å². The molecule has 0 bridgehead atoms. The maximum atomic E-state index is 12.7. The Kier molecular flexibility index (Phi) is 5.76. The van der Waals surface area contributed by atoms with Crippen LogP contribution < -0.4 is 10.0 Å². The third-order valence-electron chi connectivity index (χ3n) is 4.99. The molecular formula is C18H27N3O3S. The molecule has 1 heterocycles. The Morgan fingerprint density at radius 2 is 1.92 bits per heavy atom. The zero-order chi connectivity index (χ0) is 17.9. The summed E-state index contributed by atoms with van der Waals surface area (Å²) in [6, 6.07) is 6.45. The molecule has 1 aliphatic heterocycles. The maximum Gasteiger partial charge on any atom is 0.253 e. The monoisotopic (exact) mass is 365 g/mol. The van der Waals surface area contributed by atoms with Gasteiger partial charge in [0.25, 0.3) is 5.91 Å². The van der Waals surface area contributed by atoms with Crippen molar-refractivity contribution in [1.29, 1.82) is 0 Å². The molecule has 3 rings (SSSR count). The van der Waals surface area contributed by atoms with Gasteiger partial charge in [-0.25, -0.2) is 13.1 Å². The summed E-state index contributed by atoms with van der Waals surface area (Å²) in [4.78, 5) is 14.8. The standard InChI is InChI=1S/C18H27N3O3S/c1-19-10-7-14-8-11-21(12-9-14)18(22)15-3-2-4-17(13-15)25(23,24)20-16-5-6-16/h2-4,13-14,16,19-20H,5-12H2,1H3. The van der Waals surface area contributed by atoms with Gasteiger partial charge in [-0.1, -0.05) is 6.07 Å². The first kappa shape index (κ1) is 18.4. The number of carbonyl (C=O) groups is 1. The maximum absolute atomic E-state index is 12.7. The predicted octanol–water partition coefficient (Wildman–Crippen LogP) is 1.59. The van der Waals surface area contributed by atoms with Gasteiger partial charge in [-0.3, -0.25) is 4.79 Å². The molecule has 1 amide bonds. The Labute approximate surface area is 150 Å². The highest BCUT2D eigenvalue weighted by Gasteiger charge is 2.29. The minimum atomic E-state index is -3.53. The summed E-state index contributed by atoms with van der Waals surface area (Å²) in [5.41, 5.74) is 0.451. The zero-order valence-electron chi connectivity index (χ0n) is 14.7. The van der Waals surface area contributed by atoms with Gasteiger partial charge >= 0.3 is 0 Å². The topological polar surface area (TPSA) is 78.5 Å². The van der Waals surface area contributed by atoms with Crippen molar-refractivity contribution in [2.75, 3.05) is 26.7 Å². The van der Waals surface area contributed by atoms with Crippen molar-refractivity contribution >= 4 is 15.9 Å². The number of nitrogens with one attached hydrogen (secondary N) is 2. The Morgan fingerprint density at radius 3 is 2.56 bits per heavy atom. The number of hydrogen-bond acceptors (Lipinski definition) is 4. The molecule has 2 aliphatic rings. The average molecular weight is 365 g/mol. The van der Waals surface area contributed by atoms with Crippen molar-refractivity contribution in [2.24, 2.45) is 5.92 Å². The number of piperidine rings is 1. The van der Waals surface area contributed by atoms with Crippen LogP contribution in [0.4, 0.5) is 0 Å². The molecular weight excluding hydrogens is 338 g/mol. The van der Waals surface area contributed by atoms with Crippen molar-refractivity contribution < 1.29 is 13.2 Å². The van der Waals surface area contributed by atoms with E-state index in [1.54, 1.807) is 18.2 Å². The minimum absolute atomic E-state index is 0.0565. The Balaban J connectivity index is 1.64. The Bertz CT molecular complexity index is 708. The van der Waals surface area contributed by atoms with Crippen LogP contribution in [0, 0.1) is 5.92 Å². The van der Waals surface area contributed by atoms with E-state index in [-0.39, 0.29) is 16.8 Å². The molecule has 2 fully saturated rings. The normalized spacial score (nSPS) is 19.2. The van der Waals surface area contributed by atoms with E-state index in [0.29, 0.717) is 11.5 Å². The van der Waals surface area contributed by atoms with Crippen molar-refractivity contribution in [2.45, 2.75) is 43.0 Å². The average Bonchev–Trinajstić information content (AvgIpc) is 3.43. The van der Waals surface area contributed by atoms with E-state index in [1.807, 2.05) is 11.9 Å². The molecule has 1 saturated heterocycles. The number of likely N-dealkylation sites (tertiary alicyclic amines) is 1. The highest BCUT2D eigenvalue weighted by molar-refractivity contribution is 7.89. The van der Waals surface area contributed by atoms with Crippen LogP contribution >= 0.6 is 0 Å². The number of amides is 1. The fourth-order valence-corrected chi connectivity index (χ4v) is 4.59. The lowest BCUT2D eigenvalue weighted by atomic mass is 9.93. The molecule has 0 radical (unpaired) electrons. The van der Waals surface area contributed by atoms with Crippen molar-refractivity contribution in [3.8, 4) is 0 Å². The van der Waals surface area contributed by atoms with Crippen LogP contribution in [-0.4, -0.2) is 51.9 Å². The quantitative estimate of drug-likeness (QED) is 0.769. The summed E-state index contributed by atoms with van der Waals surface area (Å²) in [6.45, 7) is 2.49. The highest BCUT2D eigenvalue weighted by Crippen LogP contribution is 2.24. The predicted molar refractivity (Wildman–Crippen MR) is 97.0 cm³/mol. The third-order valence-corrected chi connectivity index (χ3v) is 6.51. The molecule has 25 heavy (non-hydrogen) atoms. The second kappa shape index (κ2) is 7.85. The lowest BCUT2D eigenvalue weighted by molar-refractivity contribution is 0.0687. The molecule has 7 heteroatoms. The number of rotatable bonds is 7. The lowest BCUT2D eigenvalue weighted by Crippen LogP contribution is -2.39. The van der Waals surface area contributed by atoms with Crippen LogP contribution in [0.2, 0.25) is 0 Å². The van der Waals surface area contributed by atoms with Gasteiger partial charge in [0.05, 0.1) is 4.90 Å². The number of benzene rings is 1. The number of nitrogens with zero attached hydrogens (tertiary/aromatic N) is 1. The molecule has 2 N–H and O–H groups in total. The SMILES string of the molecule is CNCCC1CCN(C(=O)c2cccc(S(=O)(=O)NC3CC3)c2)CC1. The van der Waals surface area contributed by atoms with E-state index in [0.717, 1.165) is 51.7 Å². The van der Waals surface area contributed by atoms with Crippen LogP contribution in [0.1, 0.15) is 42.5 Å². The molecule has 0 aromatic heterocycles. The summed E-state index contributed by atoms with van der Waals surface area (Å²) in [7, 11) is -1.57. The van der Waals surface area contributed by atoms with E-state index >= 15 is 0 Å². The minimum Gasteiger partial charge on any atom is -0.339 e. The summed E-state index contributed by atoms with van der Waals surface area (Å²) < 4.78 is 27.3. The van der Waals surface area contributed by atoms with E-state index in [2.05, 4.69) is 10.0 Å². The lowest BCUT2D eigenvalue weighted by Gasteiger charge is -2.32. The molecule has 1 aromatic carbocycles. The number of carbonyl (C=O) groups excluding carboxylic acids is 1. The van der Waals surface area contributed by atoms with Gasteiger partial charge in [0, 0.05) is 24.7 Å². The van der Waals surface area contributed by atoms with Crippen molar-refractivity contribution in [3.63, 3.8) is 0 Å². The van der Waals surface area contributed by atoms with Gasteiger partial charge in [-0.05, 0) is 69.8 Å². The molecule has 0 atom stereocenters. The van der Waals surface area contributed by atoms with Crippen LogP contribution in [0.5, 0.6) is 0 Å². The summed E-state index contributed by atoms with van der Waals surface area (Å²) in [6.07, 6.45) is 4.93. The first-order valence-corrected chi connectivity index (χ1v) is 10.5. The Hall–Kier alpha value is -1.44. The highest BCUT2D eigenvalue weighted by atomic mass is 32.2. The summed E-state index contributed by atoms with van der Waals surface area (Å²) >= 11 is 0. The first-order valence-electron chi connectivity index (χ1n) is 9.06. The fourth-order valence-electron chi connectivity index (χ4n) is 3.24. The van der Waals surface area contributed by atoms with E-state index < -0.39 is 10.0 Å². The molecule has 1 aliphatic carbocycles. The third kappa shape index (κ3) is 4.80. The van der Waals surface area contributed by atoms with Gasteiger partial charge in [-0.2, -0.15) is 0 Å². The fraction of sp³-hybridized carbons (Fsp3) is 0.611. The smallest absolute Gasteiger partial charge is 0.253 e. The van der Waals surface area contributed by atoms with E-state index in [4.69, 9.17) is 0 Å². The van der Waals surface area contributed by atoms with E-state index in [1.165, 1.54) is 6.07 Å². The van der Waals surface area contributed by atoms with Crippen molar-refractivity contribution in [1.82, 2.24) is 14.9 Å². The molecule has 0 spiro atoms. The van der Waals surface area contributed by atoms with Gasteiger partial charge in [0.1, 0.15) is 0 Å². The largest absolute Gasteiger partial charge is 0.339 e. The van der Waals surface area contributed by atoms with Gasteiger partial charge in [-0.15, -0.1) is 0 Å². The molecule has 1 saturated carbocycles. The summed E-state index contributed by atoms with van der Waals surface area (Å²) in [5, 5.41) is 3.17. The van der Waals surface area contributed by atoms with Crippen LogP contribution in [-0.2, 0) is 10.0 Å². The number of hydrogen-bond donors (Lipinski definition) is 2. The van der Waals surface area contributed by atoms with Gasteiger partial charge in [0.15, 0.2) is 0 Å². The molecule has 138 valence electrons. The summed E-state index contributed by atoms with van der Waals surface area (Å²) in [5.74, 6) is 0.585. The van der Waals surface area contributed by atoms with Gasteiger partial charge < -0.3 is 10.2 Å². The molecule has 6 nitrogen and oxygen atoms in total. The van der Waals surface area contributed by atoms with Crippen molar-refractivity contribution in [3.05, 3.63) is 29.8 Å². The number of sulfonamides is 1. The van der Waals surface area contributed by atoms with Crippen LogP contribution in [0.3, 0.4) is 0 Å². The van der Waals surface area contributed by atoms with Crippen LogP contribution in [0.15, 0.2) is 29.2 Å². The van der Waals surface area contributed by atoms with Gasteiger partial charge in [0.2, 0.25) is 10.0 Å². The molecule has 0 unspecified atom stereocenters. The molecule has 1 aromatic rings. The second-order valence-electron chi connectivity index (χ2n) is 7.05.